The fraction of sp³-hybridized carbons (Fsp3) is 0.500. The van der Waals surface area contributed by atoms with Crippen molar-refractivity contribution in [1.82, 2.24) is 10.2 Å². The van der Waals surface area contributed by atoms with Gasteiger partial charge in [0.15, 0.2) is 6.23 Å². The quantitative estimate of drug-likeness (QED) is 0.676. The van der Waals surface area contributed by atoms with Crippen molar-refractivity contribution in [3.63, 3.8) is 0 Å². The summed E-state index contributed by atoms with van der Waals surface area (Å²) in [6.07, 6.45) is -0.688. The number of rotatable bonds is 8. The van der Waals surface area contributed by atoms with Crippen LogP contribution < -0.4 is 5.32 Å². The van der Waals surface area contributed by atoms with Crippen LogP contribution in [0.15, 0.2) is 30.3 Å². The average Bonchev–Trinajstić information content (AvgIpc) is 2.41. The SMILES string of the molecule is CCNC(=O)C(OC)N(CCO)Cc1ccccc1. The van der Waals surface area contributed by atoms with Gasteiger partial charge in [-0.2, -0.15) is 0 Å². The van der Waals surface area contributed by atoms with Crippen molar-refractivity contribution >= 4 is 5.91 Å². The number of likely N-dealkylation sites (N-methyl/N-ethyl adjacent to an activating group) is 1. The molecule has 0 aliphatic carbocycles. The summed E-state index contributed by atoms with van der Waals surface area (Å²) in [5.74, 6) is -0.186. The van der Waals surface area contributed by atoms with Crippen LogP contribution in [-0.4, -0.2) is 48.9 Å². The zero-order valence-corrected chi connectivity index (χ0v) is 11.5. The number of benzene rings is 1. The van der Waals surface area contributed by atoms with E-state index in [4.69, 9.17) is 9.84 Å². The van der Waals surface area contributed by atoms with Gasteiger partial charge in [-0.15, -0.1) is 0 Å². The van der Waals surface area contributed by atoms with Crippen molar-refractivity contribution < 1.29 is 14.6 Å². The van der Waals surface area contributed by atoms with Crippen LogP contribution in [0.5, 0.6) is 0 Å². The second-order valence-corrected chi connectivity index (χ2v) is 4.16. The highest BCUT2D eigenvalue weighted by Crippen LogP contribution is 2.09. The maximum atomic E-state index is 11.9. The van der Waals surface area contributed by atoms with Crippen LogP contribution >= 0.6 is 0 Å². The van der Waals surface area contributed by atoms with Crippen molar-refractivity contribution in [2.75, 3.05) is 26.8 Å². The van der Waals surface area contributed by atoms with E-state index in [0.717, 1.165) is 5.56 Å². The first-order valence-electron chi connectivity index (χ1n) is 6.42. The van der Waals surface area contributed by atoms with E-state index < -0.39 is 6.23 Å². The molecule has 19 heavy (non-hydrogen) atoms. The number of nitrogens with one attached hydrogen (secondary N) is 1. The van der Waals surface area contributed by atoms with Gasteiger partial charge < -0.3 is 15.2 Å². The molecule has 1 atom stereocenters. The van der Waals surface area contributed by atoms with Crippen molar-refractivity contribution in [3.05, 3.63) is 35.9 Å². The van der Waals surface area contributed by atoms with E-state index in [1.54, 1.807) is 4.90 Å². The molecule has 1 rings (SSSR count). The summed E-state index contributed by atoms with van der Waals surface area (Å²) >= 11 is 0. The maximum absolute atomic E-state index is 11.9. The largest absolute Gasteiger partial charge is 0.395 e. The van der Waals surface area contributed by atoms with E-state index in [2.05, 4.69) is 5.32 Å². The first kappa shape index (κ1) is 15.6. The number of hydrogen-bond acceptors (Lipinski definition) is 4. The highest BCUT2D eigenvalue weighted by Gasteiger charge is 2.24. The lowest BCUT2D eigenvalue weighted by Crippen LogP contribution is -2.48. The summed E-state index contributed by atoms with van der Waals surface area (Å²) < 4.78 is 5.25. The van der Waals surface area contributed by atoms with E-state index in [-0.39, 0.29) is 12.5 Å². The van der Waals surface area contributed by atoms with Gasteiger partial charge in [-0.3, -0.25) is 9.69 Å². The molecule has 2 N–H and O–H groups in total. The molecular formula is C14H22N2O3. The predicted molar refractivity (Wildman–Crippen MR) is 73.4 cm³/mol. The van der Waals surface area contributed by atoms with Gasteiger partial charge in [-0.1, -0.05) is 30.3 Å². The minimum absolute atomic E-state index is 0.0217. The minimum atomic E-state index is -0.688. The van der Waals surface area contributed by atoms with Gasteiger partial charge in [-0.25, -0.2) is 0 Å². The maximum Gasteiger partial charge on any atom is 0.264 e. The average molecular weight is 266 g/mol. The number of carbonyl (C=O) groups excluding carboxylic acids is 1. The second-order valence-electron chi connectivity index (χ2n) is 4.16. The molecule has 0 saturated carbocycles. The third kappa shape index (κ3) is 4.98. The molecule has 1 unspecified atom stereocenters. The topological polar surface area (TPSA) is 61.8 Å². The second kappa shape index (κ2) is 8.63. The Labute approximate surface area is 114 Å². The van der Waals surface area contributed by atoms with Gasteiger partial charge in [0.1, 0.15) is 0 Å². The van der Waals surface area contributed by atoms with Gasteiger partial charge in [0, 0.05) is 26.7 Å². The molecule has 1 aromatic carbocycles. The van der Waals surface area contributed by atoms with Crippen LogP contribution in [0.3, 0.4) is 0 Å². The first-order chi connectivity index (χ1) is 9.22. The van der Waals surface area contributed by atoms with Crippen LogP contribution in [0.4, 0.5) is 0 Å². The van der Waals surface area contributed by atoms with E-state index in [9.17, 15) is 4.79 Å². The molecule has 0 bridgehead atoms. The molecule has 0 saturated heterocycles. The molecular weight excluding hydrogens is 244 g/mol. The third-order valence-electron chi connectivity index (χ3n) is 2.75. The summed E-state index contributed by atoms with van der Waals surface area (Å²) in [7, 11) is 1.50. The summed E-state index contributed by atoms with van der Waals surface area (Å²) in [4.78, 5) is 13.7. The molecule has 0 radical (unpaired) electrons. The number of nitrogens with zero attached hydrogens (tertiary/aromatic N) is 1. The Morgan fingerprint density at radius 3 is 2.63 bits per heavy atom. The highest BCUT2D eigenvalue weighted by atomic mass is 16.5. The summed E-state index contributed by atoms with van der Waals surface area (Å²) in [6, 6.07) is 9.79. The number of ether oxygens (including phenoxy) is 1. The van der Waals surface area contributed by atoms with Crippen molar-refractivity contribution in [2.45, 2.75) is 19.7 Å². The lowest BCUT2D eigenvalue weighted by molar-refractivity contribution is -0.144. The number of methoxy groups -OCH3 is 1. The molecule has 0 aromatic heterocycles. The number of amides is 1. The van der Waals surface area contributed by atoms with E-state index in [1.165, 1.54) is 7.11 Å². The number of aliphatic hydroxyl groups is 1. The van der Waals surface area contributed by atoms with Crippen LogP contribution in [0.2, 0.25) is 0 Å². The smallest absolute Gasteiger partial charge is 0.264 e. The molecule has 0 aliphatic heterocycles. The van der Waals surface area contributed by atoms with Crippen LogP contribution in [0.25, 0.3) is 0 Å². The molecule has 0 heterocycles. The normalized spacial score (nSPS) is 12.4. The van der Waals surface area contributed by atoms with Crippen LogP contribution in [0, 0.1) is 0 Å². The molecule has 5 nitrogen and oxygen atoms in total. The molecule has 0 spiro atoms. The highest BCUT2D eigenvalue weighted by molar-refractivity contribution is 5.80. The van der Waals surface area contributed by atoms with Crippen LogP contribution in [-0.2, 0) is 16.1 Å². The van der Waals surface area contributed by atoms with E-state index >= 15 is 0 Å². The zero-order chi connectivity index (χ0) is 14.1. The standard InChI is InChI=1S/C14H22N2O3/c1-3-15-13(18)14(19-2)16(9-10-17)11-12-7-5-4-6-8-12/h4-8,14,17H,3,9-11H2,1-2H3,(H,15,18). The Hall–Kier alpha value is -1.43. The van der Waals surface area contributed by atoms with Crippen molar-refractivity contribution in [1.29, 1.82) is 0 Å². The Kier molecular flexibility index (Phi) is 7.10. The first-order valence-corrected chi connectivity index (χ1v) is 6.42. The van der Waals surface area contributed by atoms with E-state index in [1.807, 2.05) is 37.3 Å². The van der Waals surface area contributed by atoms with Crippen molar-refractivity contribution in [3.8, 4) is 0 Å². The summed E-state index contributed by atoms with van der Waals surface area (Å²) in [5.41, 5.74) is 1.07. The molecule has 0 fully saturated rings. The molecule has 1 aromatic rings. The fourth-order valence-corrected chi connectivity index (χ4v) is 1.91. The van der Waals surface area contributed by atoms with Gasteiger partial charge >= 0.3 is 0 Å². The van der Waals surface area contributed by atoms with E-state index in [0.29, 0.717) is 19.6 Å². The van der Waals surface area contributed by atoms with Gasteiger partial charge in [0.2, 0.25) is 0 Å². The number of hydrogen-bond donors (Lipinski definition) is 2. The predicted octanol–water partition coefficient (Wildman–Crippen LogP) is 0.590. The van der Waals surface area contributed by atoms with Crippen LogP contribution in [0.1, 0.15) is 12.5 Å². The lowest BCUT2D eigenvalue weighted by atomic mass is 10.2. The lowest BCUT2D eigenvalue weighted by Gasteiger charge is -2.28. The molecule has 1 amide bonds. The Balaban J connectivity index is 2.76. The zero-order valence-electron chi connectivity index (χ0n) is 11.5. The van der Waals surface area contributed by atoms with Gasteiger partial charge in [0.05, 0.1) is 6.61 Å². The minimum Gasteiger partial charge on any atom is -0.395 e. The number of aliphatic hydroxyl groups excluding tert-OH is 1. The fourth-order valence-electron chi connectivity index (χ4n) is 1.91. The molecule has 0 aliphatic rings. The third-order valence-corrected chi connectivity index (χ3v) is 2.75. The summed E-state index contributed by atoms with van der Waals surface area (Å²) in [6.45, 7) is 3.32. The molecule has 106 valence electrons. The Morgan fingerprint density at radius 2 is 2.11 bits per heavy atom. The Morgan fingerprint density at radius 1 is 1.42 bits per heavy atom. The number of carbonyl (C=O) groups is 1. The van der Waals surface area contributed by atoms with Crippen molar-refractivity contribution in [2.24, 2.45) is 0 Å². The van der Waals surface area contributed by atoms with Gasteiger partial charge in [-0.05, 0) is 12.5 Å². The molecule has 5 heteroatoms. The summed E-state index contributed by atoms with van der Waals surface area (Å²) in [5, 5.41) is 11.9. The monoisotopic (exact) mass is 266 g/mol. The Bertz CT molecular complexity index is 370. The van der Waals surface area contributed by atoms with Gasteiger partial charge in [0.25, 0.3) is 5.91 Å².